The minimum absolute atomic E-state index is 0.127. The van der Waals surface area contributed by atoms with Gasteiger partial charge < -0.3 is 9.15 Å². The van der Waals surface area contributed by atoms with Crippen LogP contribution >= 0.6 is 0 Å². The molecule has 0 N–H and O–H groups in total. The lowest BCUT2D eigenvalue weighted by molar-refractivity contribution is 0.0363. The molecule has 2 atom stereocenters. The maximum atomic E-state index is 5.91. The zero-order valence-corrected chi connectivity index (χ0v) is 14.7. The average molecular weight is 330 g/mol. The number of hydrogen-bond donors (Lipinski definition) is 0. The van der Waals surface area contributed by atoms with Crippen molar-refractivity contribution in [1.29, 1.82) is 0 Å². The molecule has 1 aromatic heterocycles. The first-order chi connectivity index (χ1) is 11.7. The number of ether oxygens (including phenoxy) is 1. The molecule has 0 unspecified atom stereocenters. The van der Waals surface area contributed by atoms with Crippen LogP contribution in [0.1, 0.15) is 25.8 Å². The Kier molecular flexibility index (Phi) is 5.60. The van der Waals surface area contributed by atoms with Crippen LogP contribution in [0.3, 0.4) is 0 Å². The molecule has 1 aromatic carbocycles. The van der Waals surface area contributed by atoms with Gasteiger partial charge in [-0.1, -0.05) is 18.2 Å². The van der Waals surface area contributed by atoms with Gasteiger partial charge in [0.05, 0.1) is 12.6 Å². The normalized spacial score (nSPS) is 21.0. The molecule has 0 amide bonds. The minimum atomic E-state index is 0.127. The molecule has 24 heavy (non-hydrogen) atoms. The van der Waals surface area contributed by atoms with Gasteiger partial charge in [-0.05, 0) is 26.0 Å². The fourth-order valence-corrected chi connectivity index (χ4v) is 3.17. The molecule has 0 spiro atoms. The predicted octanol–water partition coefficient (Wildman–Crippen LogP) is 2.45. The van der Waals surface area contributed by atoms with Crippen LogP contribution in [0, 0.1) is 0 Å². The van der Waals surface area contributed by atoms with Crippen LogP contribution in [0.4, 0.5) is 0 Å². The smallest absolute Gasteiger partial charge is 0.247 e. The fraction of sp³-hybridized carbons (Fsp3) is 0.556. The monoisotopic (exact) mass is 330 g/mol. The van der Waals surface area contributed by atoms with Crippen molar-refractivity contribution in [2.24, 2.45) is 0 Å². The lowest BCUT2D eigenvalue weighted by Crippen LogP contribution is -2.53. The number of nitrogens with zero attached hydrogens (tertiary/aromatic N) is 4. The third-order valence-corrected chi connectivity index (χ3v) is 4.75. The first-order valence-electron chi connectivity index (χ1n) is 8.55. The Morgan fingerprint density at radius 3 is 2.75 bits per heavy atom. The van der Waals surface area contributed by atoms with Crippen molar-refractivity contribution in [3.8, 4) is 11.5 Å². The number of methoxy groups -OCH3 is 1. The second-order valence-electron chi connectivity index (χ2n) is 6.36. The summed E-state index contributed by atoms with van der Waals surface area (Å²) in [5.41, 5.74) is 0.959. The van der Waals surface area contributed by atoms with Crippen molar-refractivity contribution >= 4 is 0 Å². The Hall–Kier alpha value is -1.76. The lowest BCUT2D eigenvalue weighted by atomic mass is 10.1. The first kappa shape index (κ1) is 17.1. The third-order valence-electron chi connectivity index (χ3n) is 4.75. The summed E-state index contributed by atoms with van der Waals surface area (Å²) in [5.74, 6) is 1.27. The molecule has 1 saturated heterocycles. The van der Waals surface area contributed by atoms with E-state index in [1.54, 1.807) is 7.11 Å². The average Bonchev–Trinajstić information content (AvgIpc) is 3.11. The van der Waals surface area contributed by atoms with Gasteiger partial charge in [-0.3, -0.25) is 9.80 Å². The van der Waals surface area contributed by atoms with E-state index in [4.69, 9.17) is 9.15 Å². The van der Waals surface area contributed by atoms with E-state index in [1.165, 1.54) is 0 Å². The van der Waals surface area contributed by atoms with Crippen molar-refractivity contribution in [1.82, 2.24) is 20.0 Å². The molecule has 1 aliphatic rings. The van der Waals surface area contributed by atoms with E-state index >= 15 is 0 Å². The van der Waals surface area contributed by atoms with E-state index in [9.17, 15) is 0 Å². The highest BCUT2D eigenvalue weighted by molar-refractivity contribution is 5.51. The maximum absolute atomic E-state index is 5.91. The quantitative estimate of drug-likeness (QED) is 0.811. The van der Waals surface area contributed by atoms with E-state index in [-0.39, 0.29) is 6.04 Å². The number of rotatable bonds is 6. The summed E-state index contributed by atoms with van der Waals surface area (Å²) >= 11 is 0. The Morgan fingerprint density at radius 1 is 1.25 bits per heavy atom. The van der Waals surface area contributed by atoms with Gasteiger partial charge in [0.1, 0.15) is 0 Å². The summed E-state index contributed by atoms with van der Waals surface area (Å²) in [4.78, 5) is 4.88. The molecule has 3 rings (SSSR count). The Morgan fingerprint density at radius 2 is 2.04 bits per heavy atom. The van der Waals surface area contributed by atoms with Gasteiger partial charge in [-0.15, -0.1) is 10.2 Å². The van der Waals surface area contributed by atoms with Crippen LogP contribution in [0.5, 0.6) is 0 Å². The second kappa shape index (κ2) is 7.88. The van der Waals surface area contributed by atoms with Crippen molar-refractivity contribution in [2.75, 3.05) is 39.9 Å². The largest absolute Gasteiger partial charge is 0.419 e. The molecule has 0 aliphatic carbocycles. The Labute approximate surface area is 143 Å². The van der Waals surface area contributed by atoms with Crippen LogP contribution in [-0.2, 0) is 4.74 Å². The molecule has 2 heterocycles. The van der Waals surface area contributed by atoms with Crippen LogP contribution in [0.2, 0.25) is 0 Å². The SMILES string of the molecule is COCCN1CCN([C@@H](C)c2nnc(-c3ccccc3)o2)C[C@H]1C. The van der Waals surface area contributed by atoms with Crippen LogP contribution < -0.4 is 0 Å². The van der Waals surface area contributed by atoms with Gasteiger partial charge in [0.25, 0.3) is 0 Å². The number of piperazine rings is 1. The fourth-order valence-electron chi connectivity index (χ4n) is 3.17. The van der Waals surface area contributed by atoms with Crippen molar-refractivity contribution in [3.63, 3.8) is 0 Å². The van der Waals surface area contributed by atoms with E-state index in [1.807, 2.05) is 30.3 Å². The van der Waals surface area contributed by atoms with Crippen molar-refractivity contribution in [2.45, 2.75) is 25.9 Å². The van der Waals surface area contributed by atoms with Crippen LogP contribution in [-0.4, -0.2) is 65.9 Å². The van der Waals surface area contributed by atoms with E-state index in [2.05, 4.69) is 33.8 Å². The zero-order chi connectivity index (χ0) is 16.9. The first-order valence-corrected chi connectivity index (χ1v) is 8.55. The second-order valence-corrected chi connectivity index (χ2v) is 6.36. The number of benzene rings is 1. The van der Waals surface area contributed by atoms with E-state index < -0.39 is 0 Å². The van der Waals surface area contributed by atoms with Gasteiger partial charge in [0.15, 0.2) is 0 Å². The molecular formula is C18H26N4O2. The van der Waals surface area contributed by atoms with Crippen LogP contribution in [0.25, 0.3) is 11.5 Å². The van der Waals surface area contributed by atoms with Crippen molar-refractivity contribution in [3.05, 3.63) is 36.2 Å². The Bertz CT molecular complexity index is 631. The highest BCUT2D eigenvalue weighted by Crippen LogP contribution is 2.25. The molecule has 1 aliphatic heterocycles. The molecule has 130 valence electrons. The van der Waals surface area contributed by atoms with E-state index in [0.717, 1.165) is 38.3 Å². The molecule has 1 fully saturated rings. The van der Waals surface area contributed by atoms with Gasteiger partial charge in [-0.2, -0.15) is 0 Å². The standard InChI is InChI=1S/C18H26N4O2/c1-14-13-22(10-9-21(14)11-12-23-3)15(2)17-19-20-18(24-17)16-7-5-4-6-8-16/h4-8,14-15H,9-13H2,1-3H3/t14-,15+/m1/s1. The van der Waals surface area contributed by atoms with Gasteiger partial charge in [-0.25, -0.2) is 0 Å². The zero-order valence-electron chi connectivity index (χ0n) is 14.7. The van der Waals surface area contributed by atoms with E-state index in [0.29, 0.717) is 17.8 Å². The lowest BCUT2D eigenvalue weighted by Gasteiger charge is -2.41. The van der Waals surface area contributed by atoms with Gasteiger partial charge >= 0.3 is 0 Å². The molecule has 0 radical (unpaired) electrons. The summed E-state index contributed by atoms with van der Waals surface area (Å²) in [6.07, 6.45) is 0. The number of hydrogen-bond acceptors (Lipinski definition) is 6. The van der Waals surface area contributed by atoms with Crippen molar-refractivity contribution < 1.29 is 9.15 Å². The predicted molar refractivity (Wildman–Crippen MR) is 92.6 cm³/mol. The highest BCUT2D eigenvalue weighted by Gasteiger charge is 2.29. The summed E-state index contributed by atoms with van der Waals surface area (Å²) in [6, 6.07) is 10.5. The summed E-state index contributed by atoms with van der Waals surface area (Å²) in [7, 11) is 1.75. The highest BCUT2D eigenvalue weighted by atomic mass is 16.5. The molecule has 0 bridgehead atoms. The molecule has 6 heteroatoms. The summed E-state index contributed by atoms with van der Waals surface area (Å²) in [5, 5.41) is 8.48. The third kappa shape index (κ3) is 3.83. The van der Waals surface area contributed by atoms with Gasteiger partial charge in [0, 0.05) is 44.9 Å². The van der Waals surface area contributed by atoms with Gasteiger partial charge in [0.2, 0.25) is 11.8 Å². The maximum Gasteiger partial charge on any atom is 0.247 e. The topological polar surface area (TPSA) is 54.6 Å². The Balaban J connectivity index is 1.63. The molecule has 2 aromatic rings. The minimum Gasteiger partial charge on any atom is -0.419 e. The molecule has 0 saturated carbocycles. The molecular weight excluding hydrogens is 304 g/mol. The van der Waals surface area contributed by atoms with Crippen LogP contribution in [0.15, 0.2) is 34.7 Å². The summed E-state index contributed by atoms with van der Waals surface area (Å²) in [6.45, 7) is 9.20. The molecule has 6 nitrogen and oxygen atoms in total. The summed E-state index contributed by atoms with van der Waals surface area (Å²) < 4.78 is 11.1. The number of aromatic nitrogens is 2.